The number of nitrogens with one attached hydrogen (secondary N) is 2. The number of hydrogen-bond donors (Lipinski definition) is 2. The zero-order chi connectivity index (χ0) is 19.5. The third kappa shape index (κ3) is 4.12. The fourth-order valence-electron chi connectivity index (χ4n) is 2.30. The highest BCUT2D eigenvalue weighted by molar-refractivity contribution is 7.19. The summed E-state index contributed by atoms with van der Waals surface area (Å²) in [4.78, 5) is 25.4. The molecule has 1 aromatic carbocycles. The van der Waals surface area contributed by atoms with Crippen LogP contribution in [0.1, 0.15) is 20.0 Å². The van der Waals surface area contributed by atoms with Crippen LogP contribution in [0.5, 0.6) is 0 Å². The number of aromatic nitrogens is 2. The van der Waals surface area contributed by atoms with E-state index in [1.165, 1.54) is 28.7 Å². The van der Waals surface area contributed by atoms with Crippen molar-refractivity contribution in [1.29, 1.82) is 0 Å². The summed E-state index contributed by atoms with van der Waals surface area (Å²) >= 11 is 10.3. The average Bonchev–Trinajstić information content (AvgIpc) is 3.45. The highest BCUT2D eigenvalue weighted by Gasteiger charge is 2.15. The van der Waals surface area contributed by atoms with Gasteiger partial charge < -0.3 is 5.32 Å². The molecule has 3 heterocycles. The minimum atomic E-state index is -0.365. The minimum absolute atomic E-state index is 0.279. The van der Waals surface area contributed by atoms with Gasteiger partial charge in [-0.25, -0.2) is 0 Å². The monoisotopic (exact) mass is 446 g/mol. The van der Waals surface area contributed by atoms with Crippen molar-refractivity contribution in [1.82, 2.24) is 10.2 Å². The van der Waals surface area contributed by atoms with Crippen LogP contribution in [0, 0.1) is 0 Å². The van der Waals surface area contributed by atoms with E-state index in [0.29, 0.717) is 26.3 Å². The van der Waals surface area contributed by atoms with Gasteiger partial charge in [-0.05, 0) is 41.1 Å². The number of thiophene rings is 2. The van der Waals surface area contributed by atoms with Crippen LogP contribution < -0.4 is 10.6 Å². The van der Waals surface area contributed by atoms with Crippen molar-refractivity contribution in [3.63, 3.8) is 0 Å². The SMILES string of the molecule is O=C(Nc1nnc(-c2ccsc2)s1)c1ccc(Cl)c(NC(=O)c2cccs2)c1. The Kier molecular flexibility index (Phi) is 5.49. The van der Waals surface area contributed by atoms with Crippen molar-refractivity contribution in [2.75, 3.05) is 10.6 Å². The molecule has 0 aliphatic rings. The molecule has 0 spiro atoms. The predicted octanol–water partition coefficient (Wildman–Crippen LogP) is 5.49. The van der Waals surface area contributed by atoms with E-state index >= 15 is 0 Å². The molecule has 0 bridgehead atoms. The normalized spacial score (nSPS) is 10.6. The van der Waals surface area contributed by atoms with Gasteiger partial charge in [-0.15, -0.1) is 21.5 Å². The summed E-state index contributed by atoms with van der Waals surface area (Å²) in [5.41, 5.74) is 1.68. The lowest BCUT2D eigenvalue weighted by Crippen LogP contribution is -2.14. The fraction of sp³-hybridized carbons (Fsp3) is 0. The van der Waals surface area contributed by atoms with Crippen LogP contribution in [0.4, 0.5) is 10.8 Å². The Morgan fingerprint density at radius 1 is 1.00 bits per heavy atom. The molecule has 3 aromatic heterocycles. The third-order valence-corrected chi connectivity index (χ3v) is 6.40. The molecule has 4 aromatic rings. The smallest absolute Gasteiger partial charge is 0.265 e. The van der Waals surface area contributed by atoms with Crippen LogP contribution in [0.25, 0.3) is 10.6 Å². The maximum Gasteiger partial charge on any atom is 0.265 e. The van der Waals surface area contributed by atoms with Crippen molar-refractivity contribution < 1.29 is 9.59 Å². The number of hydrogen-bond acceptors (Lipinski definition) is 7. The van der Waals surface area contributed by atoms with E-state index in [1.54, 1.807) is 35.6 Å². The summed E-state index contributed by atoms with van der Waals surface area (Å²) in [5, 5.41) is 20.8. The van der Waals surface area contributed by atoms with Crippen LogP contribution in [0.3, 0.4) is 0 Å². The Labute approximate surface area is 176 Å². The molecule has 0 aliphatic heterocycles. The molecule has 28 heavy (non-hydrogen) atoms. The van der Waals surface area contributed by atoms with Crippen LogP contribution >= 0.6 is 45.6 Å². The number of carbonyl (C=O) groups excluding carboxylic acids is 2. The molecule has 140 valence electrons. The number of benzene rings is 1. The largest absolute Gasteiger partial charge is 0.320 e. The summed E-state index contributed by atoms with van der Waals surface area (Å²) in [6.45, 7) is 0. The first-order valence-corrected chi connectivity index (χ1v) is 10.9. The molecule has 2 amide bonds. The second-order valence-corrected chi connectivity index (χ2v) is 8.62. The van der Waals surface area contributed by atoms with Crippen molar-refractivity contribution >= 4 is 68.2 Å². The van der Waals surface area contributed by atoms with Crippen LogP contribution in [-0.2, 0) is 0 Å². The van der Waals surface area contributed by atoms with Crippen molar-refractivity contribution in [2.45, 2.75) is 0 Å². The van der Waals surface area contributed by atoms with Crippen LogP contribution in [0.2, 0.25) is 5.02 Å². The average molecular weight is 447 g/mol. The van der Waals surface area contributed by atoms with Gasteiger partial charge in [0.1, 0.15) is 5.01 Å². The van der Waals surface area contributed by atoms with Gasteiger partial charge in [0, 0.05) is 16.5 Å². The van der Waals surface area contributed by atoms with E-state index in [2.05, 4.69) is 20.8 Å². The van der Waals surface area contributed by atoms with Crippen LogP contribution in [0.15, 0.2) is 52.5 Å². The van der Waals surface area contributed by atoms with Gasteiger partial charge in [-0.1, -0.05) is 29.0 Å². The number of carbonyl (C=O) groups is 2. The van der Waals surface area contributed by atoms with Gasteiger partial charge in [0.2, 0.25) is 5.13 Å². The quantitative estimate of drug-likeness (QED) is 0.424. The number of amides is 2. The molecule has 0 aliphatic carbocycles. The van der Waals surface area contributed by atoms with E-state index in [4.69, 9.17) is 11.6 Å². The Hall–Kier alpha value is -2.59. The summed E-state index contributed by atoms with van der Waals surface area (Å²) in [7, 11) is 0. The van der Waals surface area contributed by atoms with E-state index < -0.39 is 0 Å². The lowest BCUT2D eigenvalue weighted by molar-refractivity contribution is 0.101. The minimum Gasteiger partial charge on any atom is -0.320 e. The molecule has 0 fully saturated rings. The third-order valence-electron chi connectivity index (χ3n) is 3.64. The Bertz CT molecular complexity index is 1120. The first-order valence-electron chi connectivity index (χ1n) is 7.92. The standard InChI is InChI=1S/C18H11ClN4O2S3/c19-12-4-3-10(8-13(12)20-16(25)14-2-1-6-27-14)15(24)21-18-23-22-17(28-18)11-5-7-26-9-11/h1-9H,(H,20,25)(H,21,23,24). The van der Waals surface area contributed by atoms with Gasteiger partial charge in [-0.3, -0.25) is 14.9 Å². The number of rotatable bonds is 5. The zero-order valence-corrected chi connectivity index (χ0v) is 17.2. The molecule has 0 radical (unpaired) electrons. The first-order chi connectivity index (χ1) is 13.6. The maximum absolute atomic E-state index is 12.6. The lowest BCUT2D eigenvalue weighted by Gasteiger charge is -2.08. The van der Waals surface area contributed by atoms with Crippen LogP contribution in [-0.4, -0.2) is 22.0 Å². The number of halogens is 1. The molecule has 0 unspecified atom stereocenters. The Balaban J connectivity index is 1.49. The van der Waals surface area contributed by atoms with Crippen molar-refractivity contribution in [2.24, 2.45) is 0 Å². The van der Waals surface area contributed by atoms with E-state index in [1.807, 2.05) is 22.2 Å². The topological polar surface area (TPSA) is 84.0 Å². The Morgan fingerprint density at radius 2 is 1.89 bits per heavy atom. The molecule has 0 atom stereocenters. The molecule has 0 saturated heterocycles. The molecule has 10 heteroatoms. The van der Waals surface area contributed by atoms with Crippen molar-refractivity contribution in [3.05, 3.63) is 68.0 Å². The molecule has 0 saturated carbocycles. The lowest BCUT2D eigenvalue weighted by atomic mass is 10.2. The molecular formula is C18H11ClN4O2S3. The summed E-state index contributed by atoms with van der Waals surface area (Å²) in [6, 6.07) is 10.1. The van der Waals surface area contributed by atoms with Gasteiger partial charge >= 0.3 is 0 Å². The van der Waals surface area contributed by atoms with E-state index in [9.17, 15) is 9.59 Å². The van der Waals surface area contributed by atoms with Gasteiger partial charge in [0.25, 0.3) is 11.8 Å². The predicted molar refractivity (Wildman–Crippen MR) is 115 cm³/mol. The highest BCUT2D eigenvalue weighted by atomic mass is 35.5. The number of anilines is 2. The first kappa shape index (κ1) is 18.8. The van der Waals surface area contributed by atoms with E-state index in [-0.39, 0.29) is 11.8 Å². The Morgan fingerprint density at radius 3 is 2.64 bits per heavy atom. The molecule has 2 N–H and O–H groups in total. The van der Waals surface area contributed by atoms with Gasteiger partial charge in [0.05, 0.1) is 15.6 Å². The fourth-order valence-corrected chi connectivity index (χ4v) is 4.53. The molecular weight excluding hydrogens is 436 g/mol. The van der Waals surface area contributed by atoms with Gasteiger partial charge in [-0.2, -0.15) is 11.3 Å². The maximum atomic E-state index is 12.6. The van der Waals surface area contributed by atoms with E-state index in [0.717, 1.165) is 10.6 Å². The number of nitrogens with zero attached hydrogens (tertiary/aromatic N) is 2. The summed E-state index contributed by atoms with van der Waals surface area (Å²) in [6.07, 6.45) is 0. The second kappa shape index (κ2) is 8.19. The summed E-state index contributed by atoms with van der Waals surface area (Å²) < 4.78 is 0. The molecule has 4 rings (SSSR count). The van der Waals surface area contributed by atoms with Crippen molar-refractivity contribution in [3.8, 4) is 10.6 Å². The highest BCUT2D eigenvalue weighted by Crippen LogP contribution is 2.29. The van der Waals surface area contributed by atoms with Gasteiger partial charge in [0.15, 0.2) is 0 Å². The zero-order valence-electron chi connectivity index (χ0n) is 14.0. The summed E-state index contributed by atoms with van der Waals surface area (Å²) in [5.74, 6) is -0.643. The molecule has 6 nitrogen and oxygen atoms in total. The second-order valence-electron chi connectivity index (χ2n) is 5.50.